The quantitative estimate of drug-likeness (QED) is 0.0747. The average Bonchev–Trinajstić information content (AvgIpc) is 3.97. The summed E-state index contributed by atoms with van der Waals surface area (Å²) in [6.45, 7) is 2.09. The van der Waals surface area contributed by atoms with Gasteiger partial charge in [-0.2, -0.15) is 0 Å². The summed E-state index contributed by atoms with van der Waals surface area (Å²) < 4.78 is 74.0. The van der Waals surface area contributed by atoms with Gasteiger partial charge in [0.25, 0.3) is 0 Å². The molecule has 0 bridgehead atoms. The monoisotopic (exact) mass is 973 g/mol. The number of ether oxygens (including phenoxy) is 3. The molecule has 5 aromatic heterocycles. The Morgan fingerprint density at radius 1 is 0.718 bits per heavy atom. The highest BCUT2D eigenvalue weighted by Gasteiger charge is 2.33. The lowest BCUT2D eigenvalue weighted by atomic mass is 9.85. The van der Waals surface area contributed by atoms with Crippen molar-refractivity contribution in [2.75, 3.05) is 6.54 Å². The van der Waals surface area contributed by atoms with E-state index < -0.39 is 29.9 Å². The number of nitrogens with zero attached hydrogens (tertiary/aromatic N) is 7. The molecule has 20 heteroatoms. The highest BCUT2D eigenvalue weighted by Crippen LogP contribution is 2.40. The number of aliphatic carboxylic acids is 2. The fraction of sp³-hybridized carbons (Fsp3) is 0.353. The van der Waals surface area contributed by atoms with Crippen LogP contribution in [0.2, 0.25) is 0 Å². The first-order valence-corrected chi connectivity index (χ1v) is 23.4. The van der Waals surface area contributed by atoms with E-state index in [1.54, 1.807) is 30.7 Å². The summed E-state index contributed by atoms with van der Waals surface area (Å²) in [5.41, 5.74) is 4.57. The van der Waals surface area contributed by atoms with Gasteiger partial charge in [0.05, 0.1) is 46.6 Å². The number of halogens is 4. The first-order valence-electron chi connectivity index (χ1n) is 23.4. The van der Waals surface area contributed by atoms with Gasteiger partial charge in [-0.1, -0.05) is 0 Å². The van der Waals surface area contributed by atoms with E-state index in [2.05, 4.69) is 34.6 Å². The number of imidazole rings is 2. The molecule has 6 heterocycles. The molecular weight excluding hydrogens is 927 g/mol. The zero-order chi connectivity index (χ0) is 49.4. The smallest absolute Gasteiger partial charge is 0.481 e. The number of hydrogen-bond donors (Lipinski definition) is 4. The van der Waals surface area contributed by atoms with E-state index in [0.717, 1.165) is 80.2 Å². The predicted molar refractivity (Wildman–Crippen MR) is 253 cm³/mol. The van der Waals surface area contributed by atoms with Crippen molar-refractivity contribution in [1.29, 1.82) is 0 Å². The number of aromatic nitrogens is 7. The Balaban J connectivity index is 0.869. The number of fused-ring (bicyclic) bond motifs is 2. The van der Waals surface area contributed by atoms with Crippen molar-refractivity contribution in [3.05, 3.63) is 96.0 Å². The Bertz CT molecular complexity index is 3180. The van der Waals surface area contributed by atoms with Gasteiger partial charge < -0.3 is 34.4 Å². The highest BCUT2D eigenvalue weighted by atomic mass is 19.4. The van der Waals surface area contributed by atoms with Gasteiger partial charge in [-0.15, -0.1) is 13.2 Å². The van der Waals surface area contributed by atoms with Crippen LogP contribution in [0.1, 0.15) is 87.2 Å². The van der Waals surface area contributed by atoms with Crippen LogP contribution in [0.25, 0.3) is 55.8 Å². The number of alkyl halides is 3. The molecule has 10 rings (SSSR count). The van der Waals surface area contributed by atoms with Crippen LogP contribution in [0.15, 0.2) is 83.2 Å². The molecule has 7 aromatic rings. The van der Waals surface area contributed by atoms with E-state index in [9.17, 15) is 22.8 Å². The number of benzene rings is 2. The normalized spacial score (nSPS) is 20.5. The molecule has 0 radical (unpaired) electrons. The van der Waals surface area contributed by atoms with Crippen molar-refractivity contribution in [2.45, 2.75) is 95.7 Å². The third kappa shape index (κ3) is 10.7. The van der Waals surface area contributed by atoms with Crippen molar-refractivity contribution in [2.24, 2.45) is 21.8 Å². The number of aliphatic imine (C=N–C) groups is 2. The number of rotatable bonds is 14. The molecule has 2 aliphatic carbocycles. The van der Waals surface area contributed by atoms with Crippen LogP contribution in [-0.2, 0) is 9.59 Å². The van der Waals surface area contributed by atoms with Crippen LogP contribution in [0.5, 0.6) is 17.5 Å². The second-order valence-corrected chi connectivity index (χ2v) is 18.3. The van der Waals surface area contributed by atoms with E-state index in [1.165, 1.54) is 18.3 Å². The Labute approximate surface area is 402 Å². The van der Waals surface area contributed by atoms with Crippen molar-refractivity contribution in [3.63, 3.8) is 0 Å². The van der Waals surface area contributed by atoms with Crippen molar-refractivity contribution in [3.8, 4) is 51.3 Å². The summed E-state index contributed by atoms with van der Waals surface area (Å²) in [5.74, 6) is -1.14. The summed E-state index contributed by atoms with van der Waals surface area (Å²) >= 11 is 0. The van der Waals surface area contributed by atoms with Gasteiger partial charge >= 0.3 is 18.3 Å². The predicted octanol–water partition coefficient (Wildman–Crippen LogP) is 10.4. The SMILES string of the molecule is Cc1cc(-c2ccc(OC3CCC(CC(=O)O)CC3)nc2)ncc1-c1nc2c(-c3cc(OC(F)(F)F)cc4[nH]c(C5=NCC(c6ccc(OC7CCC(CC(=O)O)CC7)nc6)N=C5)nc34)c(F)ccc2[nH]1. The molecular formula is C51H47F4N9O7. The molecule has 366 valence electrons. The van der Waals surface area contributed by atoms with E-state index >= 15 is 4.39 Å². The molecule has 2 aromatic carbocycles. The first-order chi connectivity index (χ1) is 34.2. The Kier molecular flexibility index (Phi) is 12.9. The van der Waals surface area contributed by atoms with Crippen LogP contribution in [0, 0.1) is 24.6 Å². The number of carboxylic acid groups (broad SMARTS) is 2. The summed E-state index contributed by atoms with van der Waals surface area (Å²) in [5, 5.41) is 18.2. The van der Waals surface area contributed by atoms with E-state index in [1.807, 2.05) is 25.1 Å². The van der Waals surface area contributed by atoms with Gasteiger partial charge in [-0.25, -0.2) is 24.3 Å². The summed E-state index contributed by atoms with van der Waals surface area (Å²) in [7, 11) is 0. The van der Waals surface area contributed by atoms with Gasteiger partial charge in [0.1, 0.15) is 35.3 Å². The minimum Gasteiger partial charge on any atom is -0.481 e. The van der Waals surface area contributed by atoms with Crippen LogP contribution >= 0.6 is 0 Å². The first kappa shape index (κ1) is 46.9. The number of carbonyl (C=O) groups is 2. The number of aryl methyl sites for hydroxylation is 1. The molecule has 4 N–H and O–H groups in total. The fourth-order valence-corrected chi connectivity index (χ4v) is 9.76. The van der Waals surface area contributed by atoms with E-state index in [-0.39, 0.29) is 83.0 Å². The second kappa shape index (κ2) is 19.6. The van der Waals surface area contributed by atoms with Crippen molar-refractivity contribution < 1.29 is 51.6 Å². The van der Waals surface area contributed by atoms with Crippen LogP contribution in [0.3, 0.4) is 0 Å². The molecule has 1 unspecified atom stereocenters. The molecule has 0 amide bonds. The minimum atomic E-state index is -5.05. The maximum atomic E-state index is 16.2. The third-order valence-electron chi connectivity index (χ3n) is 13.4. The second-order valence-electron chi connectivity index (χ2n) is 18.3. The number of H-pyrrole nitrogens is 2. The molecule has 2 fully saturated rings. The largest absolute Gasteiger partial charge is 0.573 e. The lowest BCUT2D eigenvalue weighted by molar-refractivity contribution is -0.274. The zero-order valence-electron chi connectivity index (χ0n) is 38.2. The molecule has 71 heavy (non-hydrogen) atoms. The zero-order valence-corrected chi connectivity index (χ0v) is 38.2. The number of nitrogens with one attached hydrogen (secondary N) is 2. The fourth-order valence-electron chi connectivity index (χ4n) is 9.76. The molecule has 1 aliphatic heterocycles. The maximum Gasteiger partial charge on any atom is 0.573 e. The summed E-state index contributed by atoms with van der Waals surface area (Å²) in [6, 6.07) is 13.7. The Morgan fingerprint density at radius 3 is 1.94 bits per heavy atom. The van der Waals surface area contributed by atoms with Crippen LogP contribution < -0.4 is 14.2 Å². The number of hydrogen-bond acceptors (Lipinski definition) is 12. The molecule has 2 saturated carbocycles. The van der Waals surface area contributed by atoms with Crippen molar-refractivity contribution in [1.82, 2.24) is 34.9 Å². The van der Waals surface area contributed by atoms with Crippen LogP contribution in [-0.4, -0.2) is 94.1 Å². The molecule has 0 spiro atoms. The Hall–Kier alpha value is -7.77. The van der Waals surface area contributed by atoms with Crippen molar-refractivity contribution >= 4 is 45.9 Å². The summed E-state index contributed by atoms with van der Waals surface area (Å²) in [4.78, 5) is 61.0. The van der Waals surface area contributed by atoms with Gasteiger partial charge in [-0.3, -0.25) is 24.6 Å². The van der Waals surface area contributed by atoms with Gasteiger partial charge in [0, 0.05) is 71.9 Å². The molecule has 1 atom stereocenters. The lowest BCUT2D eigenvalue weighted by Gasteiger charge is -2.27. The topological polar surface area (TPSA) is 223 Å². The number of pyridine rings is 3. The third-order valence-corrected chi connectivity index (χ3v) is 13.4. The van der Waals surface area contributed by atoms with Crippen LogP contribution in [0.4, 0.5) is 17.6 Å². The van der Waals surface area contributed by atoms with Gasteiger partial charge in [-0.05, 0) is 118 Å². The summed E-state index contributed by atoms with van der Waals surface area (Å²) in [6.07, 6.45) is 7.87. The minimum absolute atomic E-state index is 0.00528. The average molecular weight is 974 g/mol. The van der Waals surface area contributed by atoms with Gasteiger partial charge in [0.15, 0.2) is 5.82 Å². The lowest BCUT2D eigenvalue weighted by Crippen LogP contribution is -2.25. The standard InChI is InChI=1S/C51H47F4N9O7/c1-26-16-38(29-6-14-42(59-21-29)69-31-8-2-27(3-9-31)17-44(65)66)56-23-35(26)49-61-37-13-12-36(52)46(48(37)64-49)34-19-33(71-51(53,54)55)20-39-47(34)63-50(62-39)41-25-57-40(24-58-41)30-7-15-43(60-22-30)70-32-10-4-28(5-11-32)18-45(67)68/h6-7,12-16,19-23,25,27-28,31-32,40H,2-5,8-11,17-18,24H2,1H3,(H,61,64)(H,62,63)(H,65,66)(H,67,68). The van der Waals surface area contributed by atoms with E-state index in [0.29, 0.717) is 40.1 Å². The highest BCUT2D eigenvalue weighted by molar-refractivity contribution is 6.37. The van der Waals surface area contributed by atoms with E-state index in [4.69, 9.17) is 34.6 Å². The Morgan fingerprint density at radius 2 is 1.37 bits per heavy atom. The molecule has 3 aliphatic rings. The number of aromatic amines is 2. The molecule has 16 nitrogen and oxygen atoms in total. The van der Waals surface area contributed by atoms with Gasteiger partial charge in [0.2, 0.25) is 11.8 Å². The number of carboxylic acids is 2. The maximum absolute atomic E-state index is 16.2. The molecule has 0 saturated heterocycles.